The third-order valence-electron chi connectivity index (χ3n) is 3.02. The molecular weight excluding hydrogens is 246 g/mol. The molecule has 19 heavy (non-hydrogen) atoms. The first-order valence-electron chi connectivity index (χ1n) is 6.16. The largest absolute Gasteiger partial charge is 0.378 e. The average molecular weight is 265 g/mol. The van der Waals surface area contributed by atoms with Crippen LogP contribution in [-0.4, -0.2) is 59.7 Å². The molecule has 0 aliphatic carbocycles. The van der Waals surface area contributed by atoms with Gasteiger partial charge in [-0.15, -0.1) is 0 Å². The number of hydrogen-bond donors (Lipinski definition) is 0. The number of rotatable bonds is 4. The zero-order valence-electron chi connectivity index (χ0n) is 11.7. The van der Waals surface area contributed by atoms with Crippen molar-refractivity contribution in [2.75, 3.05) is 27.2 Å². The smallest absolute Gasteiger partial charge is 0.333 e. The molecule has 1 saturated heterocycles. The minimum atomic E-state index is -0.611. The van der Waals surface area contributed by atoms with Gasteiger partial charge in [0.05, 0.1) is 0 Å². The summed E-state index contributed by atoms with van der Waals surface area (Å²) in [5, 5.41) is 0. The highest BCUT2D eigenvalue weighted by Crippen LogP contribution is 2.14. The maximum atomic E-state index is 11.8. The molecule has 1 fully saturated rings. The zero-order chi connectivity index (χ0) is 14.6. The lowest BCUT2D eigenvalue weighted by Gasteiger charge is -2.28. The number of barbiturate groups is 1. The fraction of sp³-hybridized carbons (Fsp3) is 0.462. The first-order valence-corrected chi connectivity index (χ1v) is 6.16. The highest BCUT2D eigenvalue weighted by Gasteiger charge is 2.37. The van der Waals surface area contributed by atoms with Gasteiger partial charge in [0, 0.05) is 27.2 Å². The van der Waals surface area contributed by atoms with Crippen molar-refractivity contribution in [1.29, 1.82) is 0 Å². The fourth-order valence-electron chi connectivity index (χ4n) is 1.69. The molecule has 104 valence electrons. The highest BCUT2D eigenvalue weighted by molar-refractivity contribution is 6.28. The molecule has 0 spiro atoms. The van der Waals surface area contributed by atoms with Gasteiger partial charge in [-0.1, -0.05) is 0 Å². The molecular formula is C13H19N3O3. The summed E-state index contributed by atoms with van der Waals surface area (Å²) in [6, 6.07) is -0.611. The summed E-state index contributed by atoms with van der Waals surface area (Å²) in [5.41, 5.74) is -0.00648. The molecule has 0 aromatic rings. The van der Waals surface area contributed by atoms with Crippen LogP contribution in [0.4, 0.5) is 4.79 Å². The number of hydrogen-bond acceptors (Lipinski definition) is 4. The Kier molecular flexibility index (Phi) is 4.86. The Morgan fingerprint density at radius 2 is 1.47 bits per heavy atom. The number of likely N-dealkylation sites (N-methyl/N-ethyl adjacent to an activating group) is 2. The van der Waals surface area contributed by atoms with E-state index in [1.807, 2.05) is 24.9 Å². The van der Waals surface area contributed by atoms with Crippen LogP contribution in [0.15, 0.2) is 23.9 Å². The Bertz CT molecular complexity index is 424. The number of amides is 4. The van der Waals surface area contributed by atoms with Gasteiger partial charge >= 0.3 is 6.03 Å². The molecule has 4 amide bonds. The number of urea groups is 1. The van der Waals surface area contributed by atoms with Crippen molar-refractivity contribution in [3.05, 3.63) is 23.9 Å². The Morgan fingerprint density at radius 1 is 1.00 bits per heavy atom. The first-order chi connectivity index (χ1) is 8.93. The third kappa shape index (κ3) is 3.01. The molecule has 1 heterocycles. The Balaban J connectivity index is 2.95. The summed E-state index contributed by atoms with van der Waals surface area (Å²) >= 11 is 0. The zero-order valence-corrected chi connectivity index (χ0v) is 11.7. The van der Waals surface area contributed by atoms with Crippen LogP contribution in [0.1, 0.15) is 13.8 Å². The van der Waals surface area contributed by atoms with Gasteiger partial charge in [0.1, 0.15) is 5.57 Å². The van der Waals surface area contributed by atoms with Crippen LogP contribution >= 0.6 is 0 Å². The lowest BCUT2D eigenvalue weighted by Crippen LogP contribution is -2.52. The van der Waals surface area contributed by atoms with Gasteiger partial charge in [0.2, 0.25) is 0 Å². The van der Waals surface area contributed by atoms with Gasteiger partial charge in [-0.3, -0.25) is 19.4 Å². The molecule has 0 aromatic carbocycles. The minimum Gasteiger partial charge on any atom is -0.378 e. The van der Waals surface area contributed by atoms with Crippen molar-refractivity contribution in [1.82, 2.24) is 14.7 Å². The maximum Gasteiger partial charge on any atom is 0.333 e. The number of imide groups is 2. The van der Waals surface area contributed by atoms with Crippen LogP contribution < -0.4 is 0 Å². The molecule has 0 saturated carbocycles. The molecule has 0 aromatic heterocycles. The summed E-state index contributed by atoms with van der Waals surface area (Å²) in [5.74, 6) is -1.14. The molecule has 0 radical (unpaired) electrons. The van der Waals surface area contributed by atoms with Gasteiger partial charge in [-0.25, -0.2) is 4.79 Å². The summed E-state index contributed by atoms with van der Waals surface area (Å²) < 4.78 is 0. The van der Waals surface area contributed by atoms with Gasteiger partial charge in [-0.05, 0) is 32.2 Å². The molecule has 0 unspecified atom stereocenters. The van der Waals surface area contributed by atoms with E-state index in [1.165, 1.54) is 20.2 Å². The van der Waals surface area contributed by atoms with E-state index in [-0.39, 0.29) is 5.57 Å². The predicted molar refractivity (Wildman–Crippen MR) is 71.1 cm³/mol. The van der Waals surface area contributed by atoms with E-state index < -0.39 is 17.8 Å². The molecule has 1 rings (SSSR count). The van der Waals surface area contributed by atoms with Crippen LogP contribution in [0, 0.1) is 0 Å². The average Bonchev–Trinajstić information content (AvgIpc) is 2.42. The van der Waals surface area contributed by atoms with Crippen molar-refractivity contribution in [2.24, 2.45) is 0 Å². The number of carbonyl (C=O) groups is 3. The molecule has 6 nitrogen and oxygen atoms in total. The lowest BCUT2D eigenvalue weighted by atomic mass is 10.1. The Labute approximate surface area is 112 Å². The van der Waals surface area contributed by atoms with Crippen molar-refractivity contribution in [3.63, 3.8) is 0 Å². The minimum absolute atomic E-state index is 0.00648. The summed E-state index contributed by atoms with van der Waals surface area (Å²) in [6.45, 7) is 5.71. The molecule has 1 aliphatic heterocycles. The molecule has 6 heteroatoms. The van der Waals surface area contributed by atoms with E-state index in [0.29, 0.717) is 0 Å². The first kappa shape index (κ1) is 14.9. The third-order valence-corrected chi connectivity index (χ3v) is 3.02. The van der Waals surface area contributed by atoms with Gasteiger partial charge < -0.3 is 4.90 Å². The molecule has 0 N–H and O–H groups in total. The summed E-state index contributed by atoms with van der Waals surface area (Å²) in [7, 11) is 2.71. The van der Waals surface area contributed by atoms with Crippen molar-refractivity contribution < 1.29 is 14.4 Å². The standard InChI is InChI=1S/C13H19N3O3/c1-5-16(6-2)9-7-8-10-11(17)14(3)13(19)15(4)12(10)18/h7-9H,5-6H2,1-4H3/b9-7+. The van der Waals surface area contributed by atoms with E-state index in [0.717, 1.165) is 22.9 Å². The number of carbonyl (C=O) groups excluding carboxylic acids is 3. The monoisotopic (exact) mass is 265 g/mol. The fourth-order valence-corrected chi connectivity index (χ4v) is 1.69. The van der Waals surface area contributed by atoms with Gasteiger partial charge in [0.15, 0.2) is 0 Å². The second kappa shape index (κ2) is 6.17. The SMILES string of the molecule is CCN(/C=C/C=C1C(=O)N(C)C(=O)N(C)C1=O)CC. The topological polar surface area (TPSA) is 60.9 Å². The molecule has 0 atom stereocenters. The van der Waals surface area contributed by atoms with E-state index in [9.17, 15) is 14.4 Å². The summed E-state index contributed by atoms with van der Waals surface area (Å²) in [6.07, 6.45) is 4.90. The Hall–Kier alpha value is -2.11. The molecule has 0 bridgehead atoms. The van der Waals surface area contributed by atoms with Crippen LogP contribution in [-0.2, 0) is 9.59 Å². The van der Waals surface area contributed by atoms with E-state index >= 15 is 0 Å². The second-order valence-corrected chi connectivity index (χ2v) is 4.15. The number of nitrogens with zero attached hydrogens (tertiary/aromatic N) is 3. The second-order valence-electron chi connectivity index (χ2n) is 4.15. The van der Waals surface area contributed by atoms with Crippen LogP contribution in [0.5, 0.6) is 0 Å². The van der Waals surface area contributed by atoms with Crippen LogP contribution in [0.3, 0.4) is 0 Å². The maximum absolute atomic E-state index is 11.8. The van der Waals surface area contributed by atoms with Crippen LogP contribution in [0.2, 0.25) is 0 Å². The van der Waals surface area contributed by atoms with Gasteiger partial charge in [-0.2, -0.15) is 0 Å². The van der Waals surface area contributed by atoms with E-state index in [2.05, 4.69) is 0 Å². The number of allylic oxidation sites excluding steroid dienone is 2. The van der Waals surface area contributed by atoms with E-state index in [4.69, 9.17) is 0 Å². The van der Waals surface area contributed by atoms with E-state index in [1.54, 1.807) is 6.08 Å². The van der Waals surface area contributed by atoms with Crippen molar-refractivity contribution >= 4 is 17.8 Å². The summed E-state index contributed by atoms with van der Waals surface area (Å²) in [4.78, 5) is 39.1. The van der Waals surface area contributed by atoms with Crippen molar-refractivity contribution in [3.8, 4) is 0 Å². The quantitative estimate of drug-likeness (QED) is 0.557. The normalized spacial score (nSPS) is 16.6. The van der Waals surface area contributed by atoms with Gasteiger partial charge in [0.25, 0.3) is 11.8 Å². The molecule has 1 aliphatic rings. The van der Waals surface area contributed by atoms with Crippen molar-refractivity contribution in [2.45, 2.75) is 13.8 Å². The highest BCUT2D eigenvalue weighted by atomic mass is 16.2. The van der Waals surface area contributed by atoms with Crippen LogP contribution in [0.25, 0.3) is 0 Å². The Morgan fingerprint density at radius 3 is 1.89 bits per heavy atom. The predicted octanol–water partition coefficient (Wildman–Crippen LogP) is 0.819. The lowest BCUT2D eigenvalue weighted by molar-refractivity contribution is -0.134.